The number of benzene rings is 3. The van der Waals surface area contributed by atoms with Gasteiger partial charge < -0.3 is 14.8 Å². The van der Waals surface area contributed by atoms with E-state index in [-0.39, 0.29) is 17.7 Å². The van der Waals surface area contributed by atoms with Gasteiger partial charge in [-0.3, -0.25) is 4.79 Å². The second-order valence-corrected chi connectivity index (χ2v) is 6.87. The second kappa shape index (κ2) is 6.06. The van der Waals surface area contributed by atoms with Crippen molar-refractivity contribution in [1.29, 1.82) is 0 Å². The molecule has 1 fully saturated rings. The van der Waals surface area contributed by atoms with Crippen LogP contribution in [0.15, 0.2) is 60.7 Å². The van der Waals surface area contributed by atoms with Crippen molar-refractivity contribution < 1.29 is 14.3 Å². The van der Waals surface area contributed by atoms with Gasteiger partial charge in [0.15, 0.2) is 11.5 Å². The van der Waals surface area contributed by atoms with Gasteiger partial charge in [0.05, 0.1) is 0 Å². The fraction of sp³-hybridized carbons (Fsp3) is 0.227. The Kier molecular flexibility index (Phi) is 3.56. The van der Waals surface area contributed by atoms with Gasteiger partial charge in [0.2, 0.25) is 5.91 Å². The zero-order chi connectivity index (χ0) is 17.5. The smallest absolute Gasteiger partial charge is 0.228 e. The van der Waals surface area contributed by atoms with Crippen LogP contribution in [0.25, 0.3) is 10.8 Å². The maximum Gasteiger partial charge on any atom is 0.228 e. The summed E-state index contributed by atoms with van der Waals surface area (Å²) in [4.78, 5) is 12.7. The molecular formula is C22H19NO3. The molecule has 1 N–H and O–H groups in total. The highest BCUT2D eigenvalue weighted by atomic mass is 16.6. The van der Waals surface area contributed by atoms with Gasteiger partial charge in [0, 0.05) is 17.0 Å². The van der Waals surface area contributed by atoms with Gasteiger partial charge in [0.25, 0.3) is 0 Å². The number of carbonyl (C=O) groups is 1. The summed E-state index contributed by atoms with van der Waals surface area (Å²) in [5, 5.41) is 5.31. The predicted octanol–water partition coefficient (Wildman–Crippen LogP) is 4.35. The van der Waals surface area contributed by atoms with E-state index in [1.807, 2.05) is 48.5 Å². The van der Waals surface area contributed by atoms with Gasteiger partial charge in [-0.2, -0.15) is 0 Å². The Morgan fingerprint density at radius 2 is 1.73 bits per heavy atom. The molecule has 1 aliphatic carbocycles. The average Bonchev–Trinajstić information content (AvgIpc) is 3.49. The molecule has 0 bridgehead atoms. The molecule has 3 aromatic rings. The monoisotopic (exact) mass is 345 g/mol. The Morgan fingerprint density at radius 1 is 0.923 bits per heavy atom. The summed E-state index contributed by atoms with van der Waals surface area (Å²) in [7, 11) is 0. The van der Waals surface area contributed by atoms with Crippen LogP contribution in [-0.4, -0.2) is 19.1 Å². The molecule has 1 saturated carbocycles. The second-order valence-electron chi connectivity index (χ2n) is 6.87. The van der Waals surface area contributed by atoms with Gasteiger partial charge in [-0.15, -0.1) is 0 Å². The summed E-state index contributed by atoms with van der Waals surface area (Å²) in [5.74, 6) is 1.92. The van der Waals surface area contributed by atoms with E-state index < -0.39 is 0 Å². The number of amides is 1. The van der Waals surface area contributed by atoms with E-state index in [1.54, 1.807) is 0 Å². The van der Waals surface area contributed by atoms with Gasteiger partial charge in [-0.05, 0) is 41.5 Å². The third kappa shape index (κ3) is 2.68. The normalized spacial score (nSPS) is 20.6. The molecule has 130 valence electrons. The van der Waals surface area contributed by atoms with Crippen LogP contribution in [0.3, 0.4) is 0 Å². The Bertz CT molecular complexity index is 992. The zero-order valence-electron chi connectivity index (χ0n) is 14.3. The molecule has 0 unspecified atom stereocenters. The fourth-order valence-electron chi connectivity index (χ4n) is 3.70. The Morgan fingerprint density at radius 3 is 2.65 bits per heavy atom. The molecule has 0 spiro atoms. The lowest BCUT2D eigenvalue weighted by Gasteiger charge is -2.18. The van der Waals surface area contributed by atoms with Crippen LogP contribution in [0.4, 0.5) is 5.69 Å². The largest absolute Gasteiger partial charge is 0.486 e. The lowest BCUT2D eigenvalue weighted by atomic mass is 10.1. The highest BCUT2D eigenvalue weighted by Crippen LogP contribution is 2.50. The van der Waals surface area contributed by atoms with E-state index >= 15 is 0 Å². The predicted molar refractivity (Wildman–Crippen MR) is 101 cm³/mol. The average molecular weight is 345 g/mol. The van der Waals surface area contributed by atoms with Crippen LogP contribution in [0, 0.1) is 5.92 Å². The van der Waals surface area contributed by atoms with Crippen molar-refractivity contribution in [1.82, 2.24) is 0 Å². The van der Waals surface area contributed by atoms with Crippen LogP contribution < -0.4 is 14.8 Å². The van der Waals surface area contributed by atoms with Crippen molar-refractivity contribution in [3.63, 3.8) is 0 Å². The van der Waals surface area contributed by atoms with Gasteiger partial charge in [0.1, 0.15) is 13.2 Å². The number of rotatable bonds is 3. The Labute approximate surface area is 151 Å². The van der Waals surface area contributed by atoms with E-state index in [4.69, 9.17) is 9.47 Å². The highest BCUT2D eigenvalue weighted by Gasteiger charge is 2.44. The number of nitrogens with one attached hydrogen (secondary N) is 1. The molecule has 4 nitrogen and oxygen atoms in total. The van der Waals surface area contributed by atoms with Crippen molar-refractivity contribution in [2.75, 3.05) is 18.5 Å². The molecule has 2 atom stereocenters. The summed E-state index contributed by atoms with van der Waals surface area (Å²) < 4.78 is 11.2. The Balaban J connectivity index is 1.33. The molecule has 3 aromatic carbocycles. The SMILES string of the molecule is O=C(Nc1cccc2ccccc12)[C@@H]1C[C@@H]1c1ccc2c(c1)OCCO2. The summed E-state index contributed by atoms with van der Waals surface area (Å²) in [6, 6.07) is 20.1. The lowest BCUT2D eigenvalue weighted by molar-refractivity contribution is -0.117. The third-order valence-corrected chi connectivity index (χ3v) is 5.17. The lowest BCUT2D eigenvalue weighted by Crippen LogP contribution is -2.16. The van der Waals surface area contributed by atoms with Crippen LogP contribution in [0.1, 0.15) is 17.9 Å². The molecule has 1 amide bonds. The molecule has 5 rings (SSSR count). The van der Waals surface area contributed by atoms with Gasteiger partial charge in [-0.25, -0.2) is 0 Å². The van der Waals surface area contributed by atoms with E-state index in [1.165, 1.54) is 0 Å². The number of ether oxygens (including phenoxy) is 2. The number of hydrogen-bond acceptors (Lipinski definition) is 3. The van der Waals surface area contributed by atoms with E-state index in [0.29, 0.717) is 13.2 Å². The van der Waals surface area contributed by atoms with Crippen molar-refractivity contribution in [2.24, 2.45) is 5.92 Å². The van der Waals surface area contributed by atoms with E-state index in [2.05, 4.69) is 17.4 Å². The number of fused-ring (bicyclic) bond motifs is 2. The van der Waals surface area contributed by atoms with Crippen LogP contribution in [0.2, 0.25) is 0 Å². The molecule has 1 heterocycles. The van der Waals surface area contributed by atoms with Crippen molar-refractivity contribution in [3.8, 4) is 11.5 Å². The molecular weight excluding hydrogens is 326 g/mol. The minimum atomic E-state index is 0.0107. The van der Waals surface area contributed by atoms with Crippen molar-refractivity contribution in [2.45, 2.75) is 12.3 Å². The molecule has 0 aromatic heterocycles. The quantitative estimate of drug-likeness (QED) is 0.767. The number of carbonyl (C=O) groups excluding carboxylic acids is 1. The Hall–Kier alpha value is -3.01. The number of anilines is 1. The maximum absolute atomic E-state index is 12.7. The summed E-state index contributed by atoms with van der Waals surface area (Å²) >= 11 is 0. The van der Waals surface area contributed by atoms with Crippen LogP contribution in [0.5, 0.6) is 11.5 Å². The molecule has 0 saturated heterocycles. The summed E-state index contributed by atoms with van der Waals surface area (Å²) in [6.45, 7) is 1.16. The van der Waals surface area contributed by atoms with Crippen molar-refractivity contribution >= 4 is 22.4 Å². The maximum atomic E-state index is 12.7. The first-order valence-electron chi connectivity index (χ1n) is 8.98. The van der Waals surface area contributed by atoms with E-state index in [0.717, 1.165) is 39.9 Å². The first-order chi connectivity index (χ1) is 12.8. The third-order valence-electron chi connectivity index (χ3n) is 5.17. The summed E-state index contributed by atoms with van der Waals surface area (Å²) in [6.07, 6.45) is 0.871. The van der Waals surface area contributed by atoms with Gasteiger partial charge in [-0.1, -0.05) is 42.5 Å². The standard InChI is InChI=1S/C22H19NO3/c24-22(23-19-7-3-5-14-4-1-2-6-16(14)19)18-13-17(18)15-8-9-20-21(12-15)26-11-10-25-20/h1-9,12,17-18H,10-11,13H2,(H,23,24)/t17-,18-/m1/s1. The van der Waals surface area contributed by atoms with Gasteiger partial charge >= 0.3 is 0 Å². The first-order valence-corrected chi connectivity index (χ1v) is 8.98. The number of hydrogen-bond donors (Lipinski definition) is 1. The molecule has 0 radical (unpaired) electrons. The van der Waals surface area contributed by atoms with E-state index in [9.17, 15) is 4.79 Å². The molecule has 4 heteroatoms. The molecule has 26 heavy (non-hydrogen) atoms. The molecule has 2 aliphatic rings. The van der Waals surface area contributed by atoms with Crippen molar-refractivity contribution in [3.05, 3.63) is 66.2 Å². The first kappa shape index (κ1) is 15.3. The minimum Gasteiger partial charge on any atom is -0.486 e. The van der Waals surface area contributed by atoms with Crippen LogP contribution >= 0.6 is 0 Å². The molecule has 1 aliphatic heterocycles. The zero-order valence-corrected chi connectivity index (χ0v) is 14.3. The minimum absolute atomic E-state index is 0.0107. The highest BCUT2D eigenvalue weighted by molar-refractivity contribution is 6.03. The van der Waals surface area contributed by atoms with Crippen LogP contribution in [-0.2, 0) is 4.79 Å². The fourth-order valence-corrected chi connectivity index (χ4v) is 3.70. The summed E-state index contributed by atoms with van der Waals surface area (Å²) in [5.41, 5.74) is 2.02. The topological polar surface area (TPSA) is 47.6 Å².